The first-order chi connectivity index (χ1) is 10.6. The van der Waals surface area contributed by atoms with Crippen LogP contribution in [0.15, 0.2) is 60.7 Å². The Bertz CT molecular complexity index is 814. The molecule has 3 aromatic carbocycles. The van der Waals surface area contributed by atoms with Crippen LogP contribution in [0, 0.1) is 20.8 Å². The predicted molar refractivity (Wildman–Crippen MR) is 93.2 cm³/mol. The number of benzene rings is 3. The fourth-order valence-electron chi connectivity index (χ4n) is 2.85. The molecule has 0 heterocycles. The first kappa shape index (κ1) is 14.4. The van der Waals surface area contributed by atoms with E-state index in [1.807, 2.05) is 25.1 Å². The van der Waals surface area contributed by atoms with Gasteiger partial charge in [0.05, 0.1) is 0 Å². The summed E-state index contributed by atoms with van der Waals surface area (Å²) in [6, 6.07) is 20.5. The van der Waals surface area contributed by atoms with E-state index >= 15 is 0 Å². The Hall–Kier alpha value is -2.54. The van der Waals surface area contributed by atoms with Crippen molar-refractivity contribution < 1.29 is 5.11 Å². The molecule has 0 aliphatic rings. The van der Waals surface area contributed by atoms with Gasteiger partial charge < -0.3 is 5.11 Å². The summed E-state index contributed by atoms with van der Waals surface area (Å²) >= 11 is 0. The first-order valence-corrected chi connectivity index (χ1v) is 7.53. The fourth-order valence-corrected chi connectivity index (χ4v) is 2.85. The molecule has 0 radical (unpaired) electrons. The van der Waals surface area contributed by atoms with Crippen molar-refractivity contribution in [3.05, 3.63) is 77.4 Å². The van der Waals surface area contributed by atoms with E-state index in [0.29, 0.717) is 5.75 Å². The van der Waals surface area contributed by atoms with Gasteiger partial charge >= 0.3 is 0 Å². The molecule has 110 valence electrons. The highest BCUT2D eigenvalue weighted by molar-refractivity contribution is 5.85. The molecule has 0 unspecified atom stereocenters. The summed E-state index contributed by atoms with van der Waals surface area (Å²) in [4.78, 5) is 0. The molecule has 1 N–H and O–H groups in total. The molecule has 3 rings (SSSR count). The van der Waals surface area contributed by atoms with Gasteiger partial charge in [-0.1, -0.05) is 66.2 Å². The number of phenols is 1. The van der Waals surface area contributed by atoms with Crippen LogP contribution >= 0.6 is 0 Å². The quantitative estimate of drug-likeness (QED) is 0.646. The van der Waals surface area contributed by atoms with Gasteiger partial charge in [-0.15, -0.1) is 0 Å². The molecule has 1 nitrogen and oxygen atoms in total. The summed E-state index contributed by atoms with van der Waals surface area (Å²) in [5, 5.41) is 10.9. The zero-order valence-corrected chi connectivity index (χ0v) is 13.2. The first-order valence-electron chi connectivity index (χ1n) is 7.53. The van der Waals surface area contributed by atoms with E-state index in [-0.39, 0.29) is 0 Å². The lowest BCUT2D eigenvalue weighted by atomic mass is 9.91. The van der Waals surface area contributed by atoms with Gasteiger partial charge in [-0.3, -0.25) is 0 Å². The van der Waals surface area contributed by atoms with Gasteiger partial charge in [0, 0.05) is 11.1 Å². The van der Waals surface area contributed by atoms with Gasteiger partial charge in [0.1, 0.15) is 5.75 Å². The van der Waals surface area contributed by atoms with Crippen LogP contribution in [0.3, 0.4) is 0 Å². The molecular weight excluding hydrogens is 268 g/mol. The van der Waals surface area contributed by atoms with Gasteiger partial charge in [-0.25, -0.2) is 0 Å². The highest BCUT2D eigenvalue weighted by Gasteiger charge is 2.14. The van der Waals surface area contributed by atoms with E-state index in [0.717, 1.165) is 27.8 Å². The average Bonchev–Trinajstić information content (AvgIpc) is 2.50. The number of hydrogen-bond acceptors (Lipinski definition) is 1. The molecule has 3 aromatic rings. The maximum Gasteiger partial charge on any atom is 0.131 e. The molecular formula is C21H20O. The van der Waals surface area contributed by atoms with Crippen LogP contribution in [0.5, 0.6) is 5.75 Å². The fraction of sp³-hybridized carbons (Fsp3) is 0.143. The SMILES string of the molecule is Cc1ccc(-c2ccc(C)c(-c3ccccc3C)c2O)cc1. The Morgan fingerprint density at radius 3 is 2.00 bits per heavy atom. The molecule has 0 fully saturated rings. The largest absolute Gasteiger partial charge is 0.507 e. The maximum atomic E-state index is 10.9. The van der Waals surface area contributed by atoms with E-state index in [9.17, 15) is 5.11 Å². The minimum Gasteiger partial charge on any atom is -0.507 e. The van der Waals surface area contributed by atoms with Crippen molar-refractivity contribution in [1.29, 1.82) is 0 Å². The summed E-state index contributed by atoms with van der Waals surface area (Å²) in [6.07, 6.45) is 0. The number of aryl methyl sites for hydroxylation is 3. The maximum absolute atomic E-state index is 10.9. The smallest absolute Gasteiger partial charge is 0.131 e. The van der Waals surface area contributed by atoms with E-state index in [1.165, 1.54) is 11.1 Å². The molecule has 0 bridgehead atoms. The summed E-state index contributed by atoms with van der Waals surface area (Å²) in [5.74, 6) is 0.359. The van der Waals surface area contributed by atoms with Crippen LogP contribution in [0.1, 0.15) is 16.7 Å². The van der Waals surface area contributed by atoms with Crippen LogP contribution in [0.4, 0.5) is 0 Å². The summed E-state index contributed by atoms with van der Waals surface area (Å²) in [7, 11) is 0. The van der Waals surface area contributed by atoms with Crippen LogP contribution in [0.25, 0.3) is 22.3 Å². The Kier molecular flexibility index (Phi) is 3.72. The highest BCUT2D eigenvalue weighted by atomic mass is 16.3. The van der Waals surface area contributed by atoms with E-state index in [2.05, 4.69) is 56.3 Å². The van der Waals surface area contributed by atoms with E-state index in [1.54, 1.807) is 0 Å². The van der Waals surface area contributed by atoms with E-state index in [4.69, 9.17) is 0 Å². The van der Waals surface area contributed by atoms with Crippen LogP contribution in [-0.2, 0) is 0 Å². The lowest BCUT2D eigenvalue weighted by molar-refractivity contribution is 0.479. The van der Waals surface area contributed by atoms with Gasteiger partial charge in [-0.05, 0) is 43.0 Å². The Balaban J connectivity index is 2.22. The molecule has 0 spiro atoms. The molecule has 0 saturated heterocycles. The van der Waals surface area contributed by atoms with Crippen molar-refractivity contribution in [1.82, 2.24) is 0 Å². The van der Waals surface area contributed by atoms with Crippen LogP contribution in [-0.4, -0.2) is 5.11 Å². The Labute approximate surface area is 131 Å². The predicted octanol–water partition coefficient (Wildman–Crippen LogP) is 5.65. The van der Waals surface area contributed by atoms with Crippen molar-refractivity contribution in [2.24, 2.45) is 0 Å². The molecule has 0 saturated carbocycles. The number of aromatic hydroxyl groups is 1. The molecule has 1 heteroatoms. The van der Waals surface area contributed by atoms with Crippen molar-refractivity contribution in [2.45, 2.75) is 20.8 Å². The third kappa shape index (κ3) is 2.50. The highest BCUT2D eigenvalue weighted by Crippen LogP contribution is 2.41. The van der Waals surface area contributed by atoms with Crippen molar-refractivity contribution in [2.75, 3.05) is 0 Å². The number of hydrogen-bond donors (Lipinski definition) is 1. The monoisotopic (exact) mass is 288 g/mol. The third-order valence-electron chi connectivity index (χ3n) is 4.16. The minimum absolute atomic E-state index is 0.359. The second-order valence-corrected chi connectivity index (χ2v) is 5.83. The molecule has 0 atom stereocenters. The van der Waals surface area contributed by atoms with Gasteiger partial charge in [-0.2, -0.15) is 0 Å². The Morgan fingerprint density at radius 1 is 0.636 bits per heavy atom. The Morgan fingerprint density at radius 2 is 1.32 bits per heavy atom. The van der Waals surface area contributed by atoms with Crippen molar-refractivity contribution in [3.8, 4) is 28.0 Å². The normalized spacial score (nSPS) is 10.7. The zero-order chi connectivity index (χ0) is 15.7. The second-order valence-electron chi connectivity index (χ2n) is 5.83. The number of rotatable bonds is 2. The van der Waals surface area contributed by atoms with Gasteiger partial charge in [0.15, 0.2) is 0 Å². The standard InChI is InChI=1S/C21H20O/c1-14-8-11-17(12-9-14)19-13-10-16(3)20(21(19)22)18-7-5-4-6-15(18)2/h4-13,22H,1-3H3. The van der Waals surface area contributed by atoms with Gasteiger partial charge in [0.25, 0.3) is 0 Å². The molecule has 0 aromatic heterocycles. The average molecular weight is 288 g/mol. The number of phenolic OH excluding ortho intramolecular Hbond substituents is 1. The molecule has 0 aliphatic heterocycles. The third-order valence-corrected chi connectivity index (χ3v) is 4.16. The van der Waals surface area contributed by atoms with Crippen molar-refractivity contribution >= 4 is 0 Å². The summed E-state index contributed by atoms with van der Waals surface area (Å²) < 4.78 is 0. The summed E-state index contributed by atoms with van der Waals surface area (Å²) in [5.41, 5.74) is 7.41. The lowest BCUT2D eigenvalue weighted by Gasteiger charge is -2.15. The summed E-state index contributed by atoms with van der Waals surface area (Å²) in [6.45, 7) is 6.19. The van der Waals surface area contributed by atoms with E-state index < -0.39 is 0 Å². The minimum atomic E-state index is 0.359. The van der Waals surface area contributed by atoms with Gasteiger partial charge in [0.2, 0.25) is 0 Å². The zero-order valence-electron chi connectivity index (χ0n) is 13.2. The molecule has 0 aliphatic carbocycles. The van der Waals surface area contributed by atoms with Crippen LogP contribution in [0.2, 0.25) is 0 Å². The molecule has 0 amide bonds. The second kappa shape index (κ2) is 5.69. The lowest BCUT2D eigenvalue weighted by Crippen LogP contribution is -1.90. The topological polar surface area (TPSA) is 20.2 Å². The molecule has 22 heavy (non-hydrogen) atoms. The van der Waals surface area contributed by atoms with Crippen LogP contribution < -0.4 is 0 Å². The van der Waals surface area contributed by atoms with Crippen molar-refractivity contribution in [3.63, 3.8) is 0 Å².